The summed E-state index contributed by atoms with van der Waals surface area (Å²) in [6.45, 7) is 3.11. The van der Waals surface area contributed by atoms with Crippen LogP contribution in [0.3, 0.4) is 0 Å². The van der Waals surface area contributed by atoms with Gasteiger partial charge in [-0.1, -0.05) is 23.5 Å². The summed E-state index contributed by atoms with van der Waals surface area (Å²) in [6.07, 6.45) is -1.09. The highest BCUT2D eigenvalue weighted by Gasteiger charge is 2.23. The number of nitrogens with zero attached hydrogens (tertiary/aromatic N) is 1. The number of amides is 1. The van der Waals surface area contributed by atoms with E-state index in [0.717, 1.165) is 0 Å². The van der Waals surface area contributed by atoms with Crippen LogP contribution in [0.5, 0.6) is 0 Å². The number of benzene rings is 1. The first-order valence-electron chi connectivity index (χ1n) is 7.29. The summed E-state index contributed by atoms with van der Waals surface area (Å²) in [6, 6.07) is 7.72. The molecule has 0 bridgehead atoms. The zero-order valence-electron chi connectivity index (χ0n) is 13.4. The van der Waals surface area contributed by atoms with Crippen molar-refractivity contribution in [3.05, 3.63) is 62.8 Å². The maximum atomic E-state index is 12.9. The molecule has 2 rings (SSSR count). The van der Waals surface area contributed by atoms with Gasteiger partial charge in [0.15, 0.2) is 6.10 Å². The van der Waals surface area contributed by atoms with Crippen molar-refractivity contribution in [1.82, 2.24) is 5.32 Å². The third kappa shape index (κ3) is 4.83. The Bertz CT molecular complexity index is 790. The number of esters is 1. The van der Waals surface area contributed by atoms with Gasteiger partial charge >= 0.3 is 11.0 Å². The zero-order chi connectivity index (χ0) is 18.6. The average molecular weight is 366 g/mol. The molecule has 1 aromatic heterocycles. The molecule has 0 fully saturated rings. The van der Waals surface area contributed by atoms with Gasteiger partial charge in [-0.2, -0.15) is 0 Å². The first-order valence-corrected chi connectivity index (χ1v) is 8.10. The highest BCUT2D eigenvalue weighted by atomic mass is 32.1. The highest BCUT2D eigenvalue weighted by Crippen LogP contribution is 2.24. The molecule has 0 spiro atoms. The van der Waals surface area contributed by atoms with Crippen molar-refractivity contribution in [1.29, 1.82) is 0 Å². The van der Waals surface area contributed by atoms with Gasteiger partial charge in [-0.3, -0.25) is 14.9 Å². The molecule has 132 valence electrons. The third-order valence-electron chi connectivity index (χ3n) is 3.35. The van der Waals surface area contributed by atoms with Crippen LogP contribution in [0.4, 0.5) is 9.39 Å². The first-order chi connectivity index (χ1) is 11.8. The molecule has 2 aromatic rings. The van der Waals surface area contributed by atoms with Crippen LogP contribution in [0.2, 0.25) is 0 Å². The Morgan fingerprint density at radius 2 is 1.84 bits per heavy atom. The number of rotatable bonds is 6. The molecule has 1 amide bonds. The Balaban J connectivity index is 1.93. The van der Waals surface area contributed by atoms with E-state index in [4.69, 9.17) is 4.74 Å². The van der Waals surface area contributed by atoms with E-state index in [2.05, 4.69) is 5.32 Å². The summed E-state index contributed by atoms with van der Waals surface area (Å²) >= 11 is 0.674. The maximum Gasteiger partial charge on any atom is 0.349 e. The van der Waals surface area contributed by atoms with E-state index in [1.807, 2.05) is 0 Å². The van der Waals surface area contributed by atoms with Crippen LogP contribution in [0.1, 0.15) is 35.1 Å². The van der Waals surface area contributed by atoms with Crippen molar-refractivity contribution < 1.29 is 23.6 Å². The quantitative estimate of drug-likeness (QED) is 0.481. The standard InChI is InChI=1S/C16H15FN2O5S/c1-9(11-3-5-12(17)6-4-11)18-15(20)10(2)24-16(21)13-7-8-14(25-13)19(22)23/h3-10H,1-2H3,(H,18,20)/t9-,10-/m0/s1. The summed E-state index contributed by atoms with van der Waals surface area (Å²) in [4.78, 5) is 34.1. The van der Waals surface area contributed by atoms with Crippen molar-refractivity contribution in [3.8, 4) is 0 Å². The van der Waals surface area contributed by atoms with E-state index in [1.54, 1.807) is 19.1 Å². The van der Waals surface area contributed by atoms with Crippen LogP contribution >= 0.6 is 11.3 Å². The monoisotopic (exact) mass is 366 g/mol. The second-order valence-corrected chi connectivity index (χ2v) is 6.29. The molecule has 0 saturated heterocycles. The topological polar surface area (TPSA) is 98.5 Å². The normalized spacial score (nSPS) is 12.9. The molecule has 2 atom stereocenters. The molecule has 9 heteroatoms. The Morgan fingerprint density at radius 1 is 1.20 bits per heavy atom. The molecule has 25 heavy (non-hydrogen) atoms. The van der Waals surface area contributed by atoms with Gasteiger partial charge in [0.1, 0.15) is 10.7 Å². The smallest absolute Gasteiger partial charge is 0.349 e. The number of halogens is 1. The van der Waals surface area contributed by atoms with Crippen LogP contribution in [-0.4, -0.2) is 22.9 Å². The molecule has 1 N–H and O–H groups in total. The SMILES string of the molecule is C[C@H](OC(=O)c1ccc([N+](=O)[O-])s1)C(=O)N[C@@H](C)c1ccc(F)cc1. The molecule has 1 aromatic carbocycles. The number of hydrogen-bond acceptors (Lipinski definition) is 6. The summed E-state index contributed by atoms with van der Waals surface area (Å²) in [5.41, 5.74) is 0.696. The fourth-order valence-electron chi connectivity index (χ4n) is 1.97. The number of hydrogen-bond donors (Lipinski definition) is 1. The van der Waals surface area contributed by atoms with Gasteiger partial charge in [0.25, 0.3) is 5.91 Å². The fourth-order valence-corrected chi connectivity index (χ4v) is 2.68. The number of nitro groups is 1. The van der Waals surface area contributed by atoms with Crippen LogP contribution < -0.4 is 5.32 Å². The zero-order valence-corrected chi connectivity index (χ0v) is 14.2. The van der Waals surface area contributed by atoms with Crippen molar-refractivity contribution in [2.45, 2.75) is 26.0 Å². The summed E-state index contributed by atoms with van der Waals surface area (Å²) in [5.74, 6) is -1.72. The molecule has 0 saturated carbocycles. The maximum absolute atomic E-state index is 12.9. The molecule has 0 aliphatic heterocycles. The molecule has 0 radical (unpaired) electrons. The van der Waals surface area contributed by atoms with Crippen LogP contribution in [-0.2, 0) is 9.53 Å². The van der Waals surface area contributed by atoms with Crippen LogP contribution in [0.15, 0.2) is 36.4 Å². The number of ether oxygens (including phenoxy) is 1. The lowest BCUT2D eigenvalue weighted by atomic mass is 10.1. The van der Waals surface area contributed by atoms with Gasteiger partial charge in [0.2, 0.25) is 0 Å². The largest absolute Gasteiger partial charge is 0.448 e. The van der Waals surface area contributed by atoms with Crippen LogP contribution in [0.25, 0.3) is 0 Å². The lowest BCUT2D eigenvalue weighted by molar-refractivity contribution is -0.380. The van der Waals surface area contributed by atoms with E-state index in [9.17, 15) is 24.1 Å². The van der Waals surface area contributed by atoms with Gasteiger partial charge in [-0.05, 0) is 37.6 Å². The van der Waals surface area contributed by atoms with Crippen molar-refractivity contribution in [2.75, 3.05) is 0 Å². The van der Waals surface area contributed by atoms with Gasteiger partial charge in [-0.15, -0.1) is 0 Å². The molecule has 7 nitrogen and oxygen atoms in total. The Kier molecular flexibility index (Phi) is 5.81. The predicted octanol–water partition coefficient (Wildman–Crippen LogP) is 3.22. The van der Waals surface area contributed by atoms with E-state index in [-0.39, 0.29) is 15.7 Å². The van der Waals surface area contributed by atoms with Crippen LogP contribution in [0, 0.1) is 15.9 Å². The summed E-state index contributed by atoms with van der Waals surface area (Å²) < 4.78 is 17.9. The minimum absolute atomic E-state index is 0.0398. The summed E-state index contributed by atoms with van der Waals surface area (Å²) in [5, 5.41) is 13.1. The molecular weight excluding hydrogens is 351 g/mol. The molecule has 0 unspecified atom stereocenters. The van der Waals surface area contributed by atoms with Gasteiger partial charge in [0, 0.05) is 6.07 Å². The van der Waals surface area contributed by atoms with E-state index >= 15 is 0 Å². The Hall–Kier alpha value is -2.81. The minimum Gasteiger partial charge on any atom is -0.448 e. The van der Waals surface area contributed by atoms with Gasteiger partial charge in [0.05, 0.1) is 11.0 Å². The van der Waals surface area contributed by atoms with E-state index in [0.29, 0.717) is 16.9 Å². The number of carbonyl (C=O) groups excluding carboxylic acids is 2. The minimum atomic E-state index is -1.09. The van der Waals surface area contributed by atoms with Crippen molar-refractivity contribution in [3.63, 3.8) is 0 Å². The number of nitrogens with one attached hydrogen (secondary N) is 1. The molecule has 1 heterocycles. The number of carbonyl (C=O) groups is 2. The fraction of sp³-hybridized carbons (Fsp3) is 0.250. The molecule has 0 aliphatic carbocycles. The highest BCUT2D eigenvalue weighted by molar-refractivity contribution is 7.17. The lowest BCUT2D eigenvalue weighted by Crippen LogP contribution is -2.37. The van der Waals surface area contributed by atoms with Gasteiger partial charge in [-0.25, -0.2) is 9.18 Å². The summed E-state index contributed by atoms with van der Waals surface area (Å²) in [7, 11) is 0. The lowest BCUT2D eigenvalue weighted by Gasteiger charge is -2.18. The molecule has 0 aliphatic rings. The second-order valence-electron chi connectivity index (χ2n) is 5.22. The second kappa shape index (κ2) is 7.84. The van der Waals surface area contributed by atoms with Gasteiger partial charge < -0.3 is 10.1 Å². The van der Waals surface area contributed by atoms with Crippen molar-refractivity contribution >= 4 is 28.2 Å². The third-order valence-corrected chi connectivity index (χ3v) is 4.37. The van der Waals surface area contributed by atoms with Crippen molar-refractivity contribution in [2.24, 2.45) is 0 Å². The predicted molar refractivity (Wildman–Crippen MR) is 88.8 cm³/mol. The Labute approximate surface area is 146 Å². The molecular formula is C16H15FN2O5S. The first kappa shape index (κ1) is 18.5. The average Bonchev–Trinajstić information content (AvgIpc) is 3.05. The number of thiophene rings is 1. The van der Waals surface area contributed by atoms with E-state index in [1.165, 1.54) is 31.2 Å². The van der Waals surface area contributed by atoms with E-state index < -0.39 is 28.9 Å². The Morgan fingerprint density at radius 3 is 2.40 bits per heavy atom.